The predicted molar refractivity (Wildman–Crippen MR) is 121 cm³/mol. The SMILES string of the molecule is Cn1c(=O)n([C@@H](Cc2ccccc2)C(=O)NCc2ccccc2)c(=O)c2ccccc21. The molecule has 4 rings (SSSR count). The Labute approximate surface area is 179 Å². The van der Waals surface area contributed by atoms with Crippen LogP contribution in [0.5, 0.6) is 0 Å². The quantitative estimate of drug-likeness (QED) is 0.528. The largest absolute Gasteiger partial charge is 0.350 e. The molecule has 0 unspecified atom stereocenters. The fraction of sp³-hybridized carbons (Fsp3) is 0.160. The number of carbonyl (C=O) groups excluding carboxylic acids is 1. The van der Waals surface area contributed by atoms with Crippen LogP contribution < -0.4 is 16.6 Å². The van der Waals surface area contributed by atoms with E-state index in [0.29, 0.717) is 17.4 Å². The summed E-state index contributed by atoms with van der Waals surface area (Å²) in [6.07, 6.45) is 0.231. The van der Waals surface area contributed by atoms with Crippen molar-refractivity contribution >= 4 is 16.8 Å². The number of nitrogens with zero attached hydrogens (tertiary/aromatic N) is 2. The van der Waals surface area contributed by atoms with Gasteiger partial charge in [-0.2, -0.15) is 0 Å². The van der Waals surface area contributed by atoms with Gasteiger partial charge in [0.15, 0.2) is 0 Å². The highest BCUT2D eigenvalue weighted by atomic mass is 16.2. The average molecular weight is 413 g/mol. The van der Waals surface area contributed by atoms with Crippen molar-refractivity contribution in [1.29, 1.82) is 0 Å². The van der Waals surface area contributed by atoms with Gasteiger partial charge < -0.3 is 5.32 Å². The molecule has 3 aromatic carbocycles. The lowest BCUT2D eigenvalue weighted by atomic mass is 10.0. The van der Waals surface area contributed by atoms with Crippen molar-refractivity contribution in [3.05, 3.63) is 117 Å². The van der Waals surface area contributed by atoms with E-state index < -0.39 is 17.3 Å². The Morgan fingerprint density at radius 3 is 2.10 bits per heavy atom. The Hall–Kier alpha value is -3.93. The second-order valence-electron chi connectivity index (χ2n) is 7.44. The van der Waals surface area contributed by atoms with E-state index in [4.69, 9.17) is 0 Å². The van der Waals surface area contributed by atoms with Crippen LogP contribution in [0.2, 0.25) is 0 Å². The molecule has 0 fully saturated rings. The molecule has 1 amide bonds. The van der Waals surface area contributed by atoms with Crippen molar-refractivity contribution in [3.8, 4) is 0 Å². The number of para-hydroxylation sites is 1. The Morgan fingerprint density at radius 1 is 0.839 bits per heavy atom. The molecule has 0 saturated heterocycles. The molecule has 6 nitrogen and oxygen atoms in total. The molecule has 1 atom stereocenters. The third kappa shape index (κ3) is 4.19. The molecule has 1 N–H and O–H groups in total. The zero-order valence-electron chi connectivity index (χ0n) is 17.2. The molecule has 0 bridgehead atoms. The number of aromatic nitrogens is 2. The molecule has 6 heteroatoms. The lowest BCUT2D eigenvalue weighted by Crippen LogP contribution is -2.47. The highest BCUT2D eigenvalue weighted by molar-refractivity contribution is 5.82. The Balaban J connectivity index is 1.78. The summed E-state index contributed by atoms with van der Waals surface area (Å²) < 4.78 is 2.49. The first-order valence-corrected chi connectivity index (χ1v) is 10.1. The van der Waals surface area contributed by atoms with Crippen molar-refractivity contribution in [3.63, 3.8) is 0 Å². The van der Waals surface area contributed by atoms with E-state index in [1.165, 1.54) is 4.57 Å². The van der Waals surface area contributed by atoms with Gasteiger partial charge in [-0.25, -0.2) is 9.36 Å². The molecule has 1 heterocycles. The summed E-state index contributed by atoms with van der Waals surface area (Å²) >= 11 is 0. The molecule has 31 heavy (non-hydrogen) atoms. The first-order valence-electron chi connectivity index (χ1n) is 10.1. The number of hydrogen-bond acceptors (Lipinski definition) is 3. The van der Waals surface area contributed by atoms with Crippen molar-refractivity contribution in [2.75, 3.05) is 0 Å². The minimum absolute atomic E-state index is 0.231. The average Bonchev–Trinajstić information content (AvgIpc) is 2.82. The summed E-state index contributed by atoms with van der Waals surface area (Å²) in [5.41, 5.74) is 1.36. The summed E-state index contributed by atoms with van der Waals surface area (Å²) in [6, 6.07) is 24.9. The van der Waals surface area contributed by atoms with Crippen LogP contribution in [0.1, 0.15) is 17.2 Å². The minimum Gasteiger partial charge on any atom is -0.350 e. The maximum atomic E-state index is 13.3. The van der Waals surface area contributed by atoms with Crippen molar-refractivity contribution in [2.24, 2.45) is 7.05 Å². The summed E-state index contributed by atoms with van der Waals surface area (Å²) in [5, 5.41) is 3.29. The van der Waals surface area contributed by atoms with Gasteiger partial charge in [0.05, 0.1) is 10.9 Å². The molecule has 1 aromatic heterocycles. The summed E-state index contributed by atoms with van der Waals surface area (Å²) in [5.74, 6) is -0.373. The van der Waals surface area contributed by atoms with Crippen LogP contribution >= 0.6 is 0 Å². The summed E-state index contributed by atoms with van der Waals surface area (Å²) in [4.78, 5) is 39.7. The number of benzene rings is 3. The zero-order valence-corrected chi connectivity index (χ0v) is 17.2. The van der Waals surface area contributed by atoms with Crippen LogP contribution in [0.15, 0.2) is 94.5 Å². The Bertz CT molecular complexity index is 1330. The number of nitrogens with one attached hydrogen (secondary N) is 1. The molecular weight excluding hydrogens is 390 g/mol. The second kappa shape index (κ2) is 8.83. The van der Waals surface area contributed by atoms with Crippen molar-refractivity contribution < 1.29 is 4.79 Å². The van der Waals surface area contributed by atoms with Gasteiger partial charge in [0, 0.05) is 20.0 Å². The normalized spacial score (nSPS) is 11.9. The number of aryl methyl sites for hydroxylation is 1. The fourth-order valence-electron chi connectivity index (χ4n) is 3.74. The fourth-order valence-corrected chi connectivity index (χ4v) is 3.74. The number of rotatable bonds is 6. The number of fused-ring (bicyclic) bond motifs is 1. The smallest absolute Gasteiger partial charge is 0.331 e. The van der Waals surface area contributed by atoms with Gasteiger partial charge in [0.2, 0.25) is 5.91 Å². The maximum Gasteiger partial charge on any atom is 0.331 e. The maximum absolute atomic E-state index is 13.3. The van der Waals surface area contributed by atoms with Gasteiger partial charge in [-0.1, -0.05) is 72.8 Å². The number of hydrogen-bond donors (Lipinski definition) is 1. The lowest BCUT2D eigenvalue weighted by molar-refractivity contribution is -0.124. The van der Waals surface area contributed by atoms with Gasteiger partial charge >= 0.3 is 5.69 Å². The van der Waals surface area contributed by atoms with Gasteiger partial charge in [-0.05, 0) is 23.3 Å². The molecule has 0 aliphatic rings. The van der Waals surface area contributed by atoms with Gasteiger partial charge in [0.1, 0.15) is 6.04 Å². The Kier molecular flexibility index (Phi) is 5.80. The lowest BCUT2D eigenvalue weighted by Gasteiger charge is -2.20. The van der Waals surface area contributed by atoms with Crippen LogP contribution in [0.4, 0.5) is 0 Å². The summed E-state index contributed by atoms with van der Waals surface area (Å²) in [6.45, 7) is 0.313. The predicted octanol–water partition coefficient (Wildman–Crippen LogP) is 2.80. The van der Waals surface area contributed by atoms with E-state index in [1.807, 2.05) is 60.7 Å². The second-order valence-corrected chi connectivity index (χ2v) is 7.44. The van der Waals surface area contributed by atoms with E-state index >= 15 is 0 Å². The topological polar surface area (TPSA) is 73.1 Å². The third-order valence-corrected chi connectivity index (χ3v) is 5.40. The standard InChI is InChI=1S/C25H23N3O3/c1-27-21-15-9-8-14-20(21)24(30)28(25(27)31)22(16-18-10-4-2-5-11-18)23(29)26-17-19-12-6-3-7-13-19/h2-15,22H,16-17H2,1H3,(H,26,29)/t22-/m0/s1. The molecule has 0 spiro atoms. The van der Waals surface area contributed by atoms with Gasteiger partial charge in [0.25, 0.3) is 5.56 Å². The van der Waals surface area contributed by atoms with Crippen LogP contribution in [0.3, 0.4) is 0 Å². The highest BCUT2D eigenvalue weighted by Gasteiger charge is 2.26. The highest BCUT2D eigenvalue weighted by Crippen LogP contribution is 2.15. The first-order chi connectivity index (χ1) is 15.1. The van der Waals surface area contributed by atoms with Crippen LogP contribution in [0, 0.1) is 0 Å². The monoisotopic (exact) mass is 413 g/mol. The van der Waals surface area contributed by atoms with Gasteiger partial charge in [-0.3, -0.25) is 14.2 Å². The van der Waals surface area contributed by atoms with Gasteiger partial charge in [-0.15, -0.1) is 0 Å². The summed E-state index contributed by atoms with van der Waals surface area (Å²) in [7, 11) is 1.61. The molecule has 0 aliphatic heterocycles. The first kappa shape index (κ1) is 20.3. The van der Waals surface area contributed by atoms with E-state index in [2.05, 4.69) is 5.32 Å². The van der Waals surface area contributed by atoms with E-state index in [9.17, 15) is 14.4 Å². The van der Waals surface area contributed by atoms with Crippen molar-refractivity contribution in [1.82, 2.24) is 14.5 Å². The zero-order chi connectivity index (χ0) is 21.8. The van der Waals surface area contributed by atoms with E-state index in [0.717, 1.165) is 15.7 Å². The Morgan fingerprint density at radius 2 is 1.42 bits per heavy atom. The third-order valence-electron chi connectivity index (χ3n) is 5.40. The van der Waals surface area contributed by atoms with Crippen molar-refractivity contribution in [2.45, 2.75) is 19.0 Å². The van der Waals surface area contributed by atoms with Crippen LogP contribution in [-0.4, -0.2) is 15.0 Å². The molecule has 4 aromatic rings. The van der Waals surface area contributed by atoms with E-state index in [1.54, 1.807) is 31.3 Å². The number of amides is 1. The number of carbonyl (C=O) groups is 1. The molecule has 0 radical (unpaired) electrons. The molecule has 0 aliphatic carbocycles. The van der Waals surface area contributed by atoms with E-state index in [-0.39, 0.29) is 12.3 Å². The van der Waals surface area contributed by atoms with Crippen LogP contribution in [0.25, 0.3) is 10.9 Å². The van der Waals surface area contributed by atoms with Crippen LogP contribution in [-0.2, 0) is 24.8 Å². The molecule has 156 valence electrons. The minimum atomic E-state index is -0.970. The molecular formula is C25H23N3O3. The molecule has 0 saturated carbocycles.